The van der Waals surface area contributed by atoms with Crippen LogP contribution in [0.4, 0.5) is 0 Å². The molecule has 2 N–H and O–H groups in total. The van der Waals surface area contributed by atoms with Crippen molar-refractivity contribution in [1.29, 1.82) is 0 Å². The minimum atomic E-state index is -1.00. The molecular formula is C10H17NO3. The zero-order chi connectivity index (χ0) is 11.1. The van der Waals surface area contributed by atoms with Crippen molar-refractivity contribution in [2.75, 3.05) is 0 Å². The SMILES string of the molecule is C/C=C/C=C/C(=O)N(C(C)O)C(C)O. The second kappa shape index (κ2) is 6.34. The third-order valence-corrected chi connectivity index (χ3v) is 1.60. The molecule has 0 aromatic rings. The molecule has 1 amide bonds. The second-order valence-electron chi connectivity index (χ2n) is 2.89. The lowest BCUT2D eigenvalue weighted by Gasteiger charge is -2.26. The molecule has 0 aliphatic rings. The highest BCUT2D eigenvalue weighted by Gasteiger charge is 2.19. The van der Waals surface area contributed by atoms with Crippen molar-refractivity contribution < 1.29 is 15.0 Å². The summed E-state index contributed by atoms with van der Waals surface area (Å²) in [6.45, 7) is 4.68. The topological polar surface area (TPSA) is 60.8 Å². The number of aliphatic hydroxyl groups excluding tert-OH is 2. The van der Waals surface area contributed by atoms with E-state index in [-0.39, 0.29) is 0 Å². The fourth-order valence-electron chi connectivity index (χ4n) is 1.02. The van der Waals surface area contributed by atoms with Crippen LogP contribution in [0.1, 0.15) is 20.8 Å². The quantitative estimate of drug-likeness (QED) is 0.396. The van der Waals surface area contributed by atoms with Crippen LogP contribution in [-0.4, -0.2) is 33.5 Å². The Balaban J connectivity index is 4.45. The van der Waals surface area contributed by atoms with Crippen LogP contribution in [0, 0.1) is 0 Å². The molecule has 4 heteroatoms. The largest absolute Gasteiger partial charge is 0.374 e. The van der Waals surface area contributed by atoms with Crippen LogP contribution in [0.25, 0.3) is 0 Å². The molecule has 0 radical (unpaired) electrons. The Bertz CT molecular complexity index is 224. The van der Waals surface area contributed by atoms with Gasteiger partial charge < -0.3 is 10.2 Å². The minimum Gasteiger partial charge on any atom is -0.374 e. The maximum atomic E-state index is 11.4. The maximum Gasteiger partial charge on any atom is 0.250 e. The Morgan fingerprint density at radius 1 is 1.21 bits per heavy atom. The third kappa shape index (κ3) is 4.20. The van der Waals surface area contributed by atoms with Gasteiger partial charge in [-0.05, 0) is 20.8 Å². The Morgan fingerprint density at radius 2 is 1.71 bits per heavy atom. The predicted molar refractivity (Wildman–Crippen MR) is 54.2 cm³/mol. The van der Waals surface area contributed by atoms with Gasteiger partial charge >= 0.3 is 0 Å². The first-order valence-electron chi connectivity index (χ1n) is 4.48. The lowest BCUT2D eigenvalue weighted by atomic mass is 10.3. The first-order valence-corrected chi connectivity index (χ1v) is 4.48. The molecule has 14 heavy (non-hydrogen) atoms. The standard InChI is InChI=1S/C10H17NO3/c1-4-5-6-7-10(14)11(8(2)12)9(3)13/h4-9,12-13H,1-3H3/b5-4+,7-6+. The van der Waals surface area contributed by atoms with Crippen molar-refractivity contribution in [2.45, 2.75) is 33.2 Å². The van der Waals surface area contributed by atoms with Gasteiger partial charge in [-0.3, -0.25) is 9.69 Å². The molecule has 0 saturated heterocycles. The summed E-state index contributed by atoms with van der Waals surface area (Å²) in [5.74, 6) is -0.423. The fraction of sp³-hybridized carbons (Fsp3) is 0.500. The van der Waals surface area contributed by atoms with Gasteiger partial charge in [-0.15, -0.1) is 0 Å². The van der Waals surface area contributed by atoms with Gasteiger partial charge in [-0.25, -0.2) is 0 Å². The summed E-state index contributed by atoms with van der Waals surface area (Å²) in [5.41, 5.74) is 0. The summed E-state index contributed by atoms with van der Waals surface area (Å²) in [7, 11) is 0. The molecule has 80 valence electrons. The van der Waals surface area contributed by atoms with Crippen LogP contribution in [0.2, 0.25) is 0 Å². The number of hydrogen-bond acceptors (Lipinski definition) is 3. The summed E-state index contributed by atoms with van der Waals surface area (Å²) in [6, 6.07) is 0. The van der Waals surface area contributed by atoms with E-state index in [9.17, 15) is 15.0 Å². The molecule has 0 bridgehead atoms. The molecule has 0 spiro atoms. The summed E-state index contributed by atoms with van der Waals surface area (Å²) in [6.07, 6.45) is 4.31. The van der Waals surface area contributed by atoms with E-state index in [0.717, 1.165) is 4.90 Å². The average molecular weight is 199 g/mol. The molecule has 0 saturated carbocycles. The van der Waals surface area contributed by atoms with Gasteiger partial charge in [-0.1, -0.05) is 18.2 Å². The Kier molecular flexibility index (Phi) is 5.83. The number of allylic oxidation sites excluding steroid dienone is 3. The van der Waals surface area contributed by atoms with Gasteiger partial charge in [-0.2, -0.15) is 0 Å². The summed E-state index contributed by atoms with van der Waals surface area (Å²) in [5, 5.41) is 18.4. The molecule has 0 aliphatic heterocycles. The minimum absolute atomic E-state index is 0.423. The van der Waals surface area contributed by atoms with Gasteiger partial charge in [0.25, 0.3) is 5.91 Å². The van der Waals surface area contributed by atoms with Crippen LogP contribution < -0.4 is 0 Å². The number of carbonyl (C=O) groups is 1. The number of hydrogen-bond donors (Lipinski definition) is 2. The second-order valence-corrected chi connectivity index (χ2v) is 2.89. The van der Waals surface area contributed by atoms with E-state index in [1.54, 1.807) is 18.2 Å². The van der Waals surface area contributed by atoms with Crippen LogP contribution >= 0.6 is 0 Å². The average Bonchev–Trinajstić information content (AvgIpc) is 2.03. The van der Waals surface area contributed by atoms with E-state index in [4.69, 9.17) is 0 Å². The lowest BCUT2D eigenvalue weighted by molar-refractivity contribution is -0.150. The van der Waals surface area contributed by atoms with Crippen molar-refractivity contribution in [3.8, 4) is 0 Å². The molecule has 0 rings (SSSR count). The van der Waals surface area contributed by atoms with Gasteiger partial charge in [0.05, 0.1) is 0 Å². The van der Waals surface area contributed by atoms with Crippen LogP contribution in [-0.2, 0) is 4.79 Å². The molecule has 0 heterocycles. The number of amides is 1. The van der Waals surface area contributed by atoms with Gasteiger partial charge in [0, 0.05) is 6.08 Å². The van der Waals surface area contributed by atoms with E-state index in [1.165, 1.54) is 19.9 Å². The van der Waals surface area contributed by atoms with E-state index < -0.39 is 18.4 Å². The Morgan fingerprint density at radius 3 is 2.07 bits per heavy atom. The highest BCUT2D eigenvalue weighted by atomic mass is 16.3. The molecule has 4 nitrogen and oxygen atoms in total. The van der Waals surface area contributed by atoms with E-state index in [2.05, 4.69) is 0 Å². The van der Waals surface area contributed by atoms with E-state index >= 15 is 0 Å². The van der Waals surface area contributed by atoms with Crippen LogP contribution in [0.5, 0.6) is 0 Å². The van der Waals surface area contributed by atoms with E-state index in [1.807, 2.05) is 6.92 Å². The highest BCUT2D eigenvalue weighted by Crippen LogP contribution is 2.02. The van der Waals surface area contributed by atoms with E-state index in [0.29, 0.717) is 0 Å². The predicted octanol–water partition coefficient (Wildman–Crippen LogP) is 0.624. The van der Waals surface area contributed by atoms with Crippen molar-refractivity contribution in [1.82, 2.24) is 4.90 Å². The molecule has 0 aromatic heterocycles. The van der Waals surface area contributed by atoms with Gasteiger partial charge in [0.1, 0.15) is 12.5 Å². The molecule has 0 aromatic carbocycles. The monoisotopic (exact) mass is 199 g/mol. The lowest BCUT2D eigenvalue weighted by Crippen LogP contribution is -2.43. The molecule has 0 aliphatic carbocycles. The number of aliphatic hydroxyl groups is 2. The molecule has 2 atom stereocenters. The van der Waals surface area contributed by atoms with Crippen molar-refractivity contribution in [3.05, 3.63) is 24.3 Å². The zero-order valence-electron chi connectivity index (χ0n) is 8.71. The first-order chi connectivity index (χ1) is 6.50. The van der Waals surface area contributed by atoms with Gasteiger partial charge in [0.2, 0.25) is 0 Å². The normalized spacial score (nSPS) is 16.1. The smallest absolute Gasteiger partial charge is 0.250 e. The van der Waals surface area contributed by atoms with Crippen molar-refractivity contribution in [2.24, 2.45) is 0 Å². The van der Waals surface area contributed by atoms with Crippen LogP contribution in [0.3, 0.4) is 0 Å². The van der Waals surface area contributed by atoms with Crippen molar-refractivity contribution >= 4 is 5.91 Å². The van der Waals surface area contributed by atoms with Gasteiger partial charge in [0.15, 0.2) is 0 Å². The summed E-state index contributed by atoms with van der Waals surface area (Å²) in [4.78, 5) is 12.4. The Hall–Kier alpha value is -1.13. The summed E-state index contributed by atoms with van der Waals surface area (Å²) < 4.78 is 0. The maximum absolute atomic E-state index is 11.4. The number of carbonyl (C=O) groups excluding carboxylic acids is 1. The molecular weight excluding hydrogens is 182 g/mol. The number of rotatable bonds is 4. The first kappa shape index (κ1) is 12.9. The highest BCUT2D eigenvalue weighted by molar-refractivity contribution is 5.88. The molecule has 2 unspecified atom stereocenters. The van der Waals surface area contributed by atoms with Crippen molar-refractivity contribution in [3.63, 3.8) is 0 Å². The fourth-order valence-corrected chi connectivity index (χ4v) is 1.02. The Labute approximate surface area is 84.2 Å². The molecule has 0 fully saturated rings. The third-order valence-electron chi connectivity index (χ3n) is 1.60. The van der Waals surface area contributed by atoms with Crippen LogP contribution in [0.15, 0.2) is 24.3 Å². The zero-order valence-corrected chi connectivity index (χ0v) is 8.71. The number of nitrogens with zero attached hydrogens (tertiary/aromatic N) is 1. The summed E-state index contributed by atoms with van der Waals surface area (Å²) >= 11 is 0.